The molecule has 0 aliphatic carbocycles. The van der Waals surface area contributed by atoms with Crippen LogP contribution in [-0.2, 0) is 0 Å². The van der Waals surface area contributed by atoms with Gasteiger partial charge in [-0.05, 0) is 47.7 Å². The van der Waals surface area contributed by atoms with E-state index in [4.69, 9.17) is 11.6 Å². The van der Waals surface area contributed by atoms with Crippen LogP contribution in [0, 0.1) is 3.57 Å². The van der Waals surface area contributed by atoms with E-state index in [2.05, 4.69) is 34.0 Å². The topological polar surface area (TPSA) is 12.0 Å². The van der Waals surface area contributed by atoms with E-state index < -0.39 is 0 Å². The minimum atomic E-state index is 0.491. The van der Waals surface area contributed by atoms with Crippen molar-refractivity contribution in [2.75, 3.05) is 6.54 Å². The van der Waals surface area contributed by atoms with E-state index in [1.807, 2.05) is 12.1 Å². The molecule has 1 atom stereocenters. The summed E-state index contributed by atoms with van der Waals surface area (Å²) in [4.78, 5) is 0. The molecule has 64 valence electrons. The lowest BCUT2D eigenvalue weighted by Crippen LogP contribution is -2.35. The summed E-state index contributed by atoms with van der Waals surface area (Å²) in [6, 6.07) is 6.54. The van der Waals surface area contributed by atoms with Gasteiger partial charge in [0.15, 0.2) is 0 Å². The van der Waals surface area contributed by atoms with Crippen molar-refractivity contribution >= 4 is 34.2 Å². The van der Waals surface area contributed by atoms with Gasteiger partial charge in [-0.3, -0.25) is 0 Å². The minimum absolute atomic E-state index is 0.491. The molecular weight excluding hydrogens is 284 g/mol. The summed E-state index contributed by atoms with van der Waals surface area (Å²) in [5.74, 6) is 0. The molecule has 0 spiro atoms. The Balaban J connectivity index is 2.39. The summed E-state index contributed by atoms with van der Waals surface area (Å²) in [6.07, 6.45) is 1.21. The van der Waals surface area contributed by atoms with Crippen molar-refractivity contribution in [2.24, 2.45) is 0 Å². The molecule has 1 aliphatic heterocycles. The first-order chi connectivity index (χ1) is 5.79. The highest BCUT2D eigenvalue weighted by Gasteiger charge is 2.22. The van der Waals surface area contributed by atoms with Gasteiger partial charge >= 0.3 is 0 Å². The maximum atomic E-state index is 6.09. The number of benzene rings is 1. The minimum Gasteiger partial charge on any atom is -0.310 e. The van der Waals surface area contributed by atoms with Gasteiger partial charge in [0.2, 0.25) is 0 Å². The molecule has 1 nitrogen and oxygen atoms in total. The van der Waals surface area contributed by atoms with Gasteiger partial charge < -0.3 is 5.32 Å². The van der Waals surface area contributed by atoms with E-state index in [0.29, 0.717) is 6.04 Å². The van der Waals surface area contributed by atoms with Gasteiger partial charge in [0.1, 0.15) is 0 Å². The molecule has 1 N–H and O–H groups in total. The number of halogens is 2. The second kappa shape index (κ2) is 3.52. The Labute approximate surface area is 90.6 Å². The molecule has 2 rings (SSSR count). The predicted octanol–water partition coefficient (Wildman–Crippen LogP) is 2.98. The highest BCUT2D eigenvalue weighted by atomic mass is 127. The molecule has 1 fully saturated rings. The first kappa shape index (κ1) is 8.78. The largest absolute Gasteiger partial charge is 0.310 e. The summed E-state index contributed by atoms with van der Waals surface area (Å²) >= 11 is 8.43. The number of rotatable bonds is 1. The zero-order valence-electron chi connectivity index (χ0n) is 6.48. The lowest BCUT2D eigenvalue weighted by molar-refractivity contribution is 0.382. The number of hydrogen-bond acceptors (Lipinski definition) is 1. The molecule has 12 heavy (non-hydrogen) atoms. The van der Waals surface area contributed by atoms with Crippen LogP contribution in [-0.4, -0.2) is 6.54 Å². The summed E-state index contributed by atoms with van der Waals surface area (Å²) in [6.45, 7) is 1.12. The van der Waals surface area contributed by atoms with Gasteiger partial charge in [-0.25, -0.2) is 0 Å². The summed E-state index contributed by atoms with van der Waals surface area (Å²) in [5.41, 5.74) is 1.27. The quantitative estimate of drug-likeness (QED) is 0.785. The van der Waals surface area contributed by atoms with Crippen LogP contribution in [0.25, 0.3) is 0 Å². The van der Waals surface area contributed by atoms with Crippen LogP contribution < -0.4 is 5.32 Å². The van der Waals surface area contributed by atoms with Gasteiger partial charge in [-0.2, -0.15) is 0 Å². The third-order valence-electron chi connectivity index (χ3n) is 2.17. The Bertz CT molecular complexity index is 276. The molecule has 0 unspecified atom stereocenters. The van der Waals surface area contributed by atoms with E-state index in [1.54, 1.807) is 0 Å². The van der Waals surface area contributed by atoms with Gasteiger partial charge in [0.25, 0.3) is 0 Å². The Hall–Kier alpha value is 0.200. The van der Waals surface area contributed by atoms with Crippen molar-refractivity contribution in [2.45, 2.75) is 12.5 Å². The molecular formula is C9H9ClIN. The smallest absolute Gasteiger partial charge is 0.0464 e. The molecule has 1 aliphatic rings. The summed E-state index contributed by atoms with van der Waals surface area (Å²) in [7, 11) is 0. The number of nitrogens with one attached hydrogen (secondary N) is 1. The monoisotopic (exact) mass is 293 g/mol. The van der Waals surface area contributed by atoms with Crippen LogP contribution in [0.4, 0.5) is 0 Å². The average molecular weight is 294 g/mol. The predicted molar refractivity (Wildman–Crippen MR) is 59.5 cm³/mol. The van der Waals surface area contributed by atoms with E-state index in [9.17, 15) is 0 Å². The van der Waals surface area contributed by atoms with E-state index in [0.717, 1.165) is 11.6 Å². The fourth-order valence-electron chi connectivity index (χ4n) is 1.38. The Morgan fingerprint density at radius 1 is 1.50 bits per heavy atom. The fraction of sp³-hybridized carbons (Fsp3) is 0.333. The van der Waals surface area contributed by atoms with Crippen molar-refractivity contribution in [1.29, 1.82) is 0 Å². The maximum absolute atomic E-state index is 6.09. The average Bonchev–Trinajstić information content (AvgIpc) is 1.93. The van der Waals surface area contributed by atoms with Crippen molar-refractivity contribution in [3.05, 3.63) is 32.4 Å². The molecule has 0 radical (unpaired) electrons. The van der Waals surface area contributed by atoms with Crippen molar-refractivity contribution in [3.63, 3.8) is 0 Å². The molecule has 3 heteroatoms. The van der Waals surface area contributed by atoms with Crippen LogP contribution in [0.15, 0.2) is 18.2 Å². The van der Waals surface area contributed by atoms with E-state index in [1.165, 1.54) is 15.6 Å². The highest BCUT2D eigenvalue weighted by Crippen LogP contribution is 2.32. The molecule has 0 saturated carbocycles. The standard InChI is InChI=1S/C9H9ClIN/c10-6-2-1-3-7(11)9(6)8-4-5-12-8/h1-3,8,12H,4-5H2/t8-/m0/s1. The highest BCUT2D eigenvalue weighted by molar-refractivity contribution is 14.1. The zero-order valence-corrected chi connectivity index (χ0v) is 9.39. The van der Waals surface area contributed by atoms with E-state index in [-0.39, 0.29) is 0 Å². The Kier molecular flexibility index (Phi) is 2.57. The van der Waals surface area contributed by atoms with Gasteiger partial charge in [0, 0.05) is 20.2 Å². The summed E-state index contributed by atoms with van der Waals surface area (Å²) < 4.78 is 1.26. The van der Waals surface area contributed by atoms with Crippen LogP contribution >= 0.6 is 34.2 Å². The van der Waals surface area contributed by atoms with Gasteiger partial charge in [-0.15, -0.1) is 0 Å². The van der Waals surface area contributed by atoms with Crippen LogP contribution in [0.5, 0.6) is 0 Å². The second-order valence-corrected chi connectivity index (χ2v) is 4.50. The third kappa shape index (κ3) is 1.47. The maximum Gasteiger partial charge on any atom is 0.0464 e. The Morgan fingerprint density at radius 2 is 2.25 bits per heavy atom. The van der Waals surface area contributed by atoms with Crippen molar-refractivity contribution in [3.8, 4) is 0 Å². The lowest BCUT2D eigenvalue weighted by atomic mass is 9.98. The molecule has 1 saturated heterocycles. The molecule has 0 aromatic heterocycles. The molecule has 0 amide bonds. The van der Waals surface area contributed by atoms with Crippen LogP contribution in [0.1, 0.15) is 18.0 Å². The first-order valence-electron chi connectivity index (χ1n) is 3.96. The Morgan fingerprint density at radius 3 is 2.75 bits per heavy atom. The second-order valence-electron chi connectivity index (χ2n) is 2.93. The summed E-state index contributed by atoms with van der Waals surface area (Å²) in [5, 5.41) is 4.24. The van der Waals surface area contributed by atoms with Crippen LogP contribution in [0.3, 0.4) is 0 Å². The lowest BCUT2D eigenvalue weighted by Gasteiger charge is -2.29. The van der Waals surface area contributed by atoms with Crippen LogP contribution in [0.2, 0.25) is 5.02 Å². The van der Waals surface area contributed by atoms with E-state index >= 15 is 0 Å². The molecule has 0 bridgehead atoms. The number of hydrogen-bond donors (Lipinski definition) is 1. The van der Waals surface area contributed by atoms with Crippen molar-refractivity contribution in [1.82, 2.24) is 5.32 Å². The first-order valence-corrected chi connectivity index (χ1v) is 5.42. The molecule has 1 heterocycles. The zero-order chi connectivity index (χ0) is 8.55. The third-order valence-corrected chi connectivity index (χ3v) is 3.44. The molecule has 1 aromatic rings. The van der Waals surface area contributed by atoms with Gasteiger partial charge in [0.05, 0.1) is 0 Å². The van der Waals surface area contributed by atoms with Crippen molar-refractivity contribution < 1.29 is 0 Å². The SMILES string of the molecule is Clc1cccc(I)c1[C@@H]1CCN1. The molecule has 1 aromatic carbocycles. The fourth-order valence-corrected chi connectivity index (χ4v) is 2.72. The van der Waals surface area contributed by atoms with Gasteiger partial charge in [-0.1, -0.05) is 17.7 Å². The normalized spacial score (nSPS) is 22.0.